The zero-order chi connectivity index (χ0) is 17.9. The lowest BCUT2D eigenvalue weighted by atomic mass is 9.53. The largest absolute Gasteiger partial charge is 0.479 e. The molecule has 26 heavy (non-hydrogen) atoms. The Bertz CT molecular complexity index is 724. The molecule has 1 aromatic rings. The average molecular weight is 354 g/mol. The average Bonchev–Trinajstić information content (AvgIpc) is 2.57. The number of ether oxygens (including phenoxy) is 1. The number of rotatable bonds is 3. The van der Waals surface area contributed by atoms with Gasteiger partial charge in [0.05, 0.1) is 5.69 Å². The summed E-state index contributed by atoms with van der Waals surface area (Å²) in [6.07, 6.45) is 6.85. The van der Waals surface area contributed by atoms with Crippen molar-refractivity contribution in [3.8, 4) is 5.75 Å². The van der Waals surface area contributed by atoms with Gasteiger partial charge in [0.25, 0.3) is 5.91 Å². The van der Waals surface area contributed by atoms with E-state index in [1.54, 1.807) is 11.8 Å². The van der Waals surface area contributed by atoms with E-state index in [2.05, 4.69) is 5.32 Å². The predicted octanol–water partition coefficient (Wildman–Crippen LogP) is 2.89. The van der Waals surface area contributed by atoms with Crippen LogP contribution in [0, 0.1) is 17.8 Å². The number of hydrogen-bond donors (Lipinski definition) is 1. The number of hydrogen-bond acceptors (Lipinski definition) is 3. The van der Waals surface area contributed by atoms with Crippen LogP contribution in [0.25, 0.3) is 0 Å². The summed E-state index contributed by atoms with van der Waals surface area (Å²) < 4.78 is 5.67. The molecule has 5 aliphatic rings. The lowest BCUT2D eigenvalue weighted by Gasteiger charge is -2.57. The summed E-state index contributed by atoms with van der Waals surface area (Å²) in [6.45, 7) is 1.81. The van der Waals surface area contributed by atoms with Crippen LogP contribution in [0.1, 0.15) is 45.4 Å². The number of para-hydroxylation sites is 2. The second-order valence-electron chi connectivity index (χ2n) is 8.90. The highest BCUT2D eigenvalue weighted by Gasteiger charge is 2.51. The Morgan fingerprint density at radius 1 is 1.15 bits per heavy atom. The van der Waals surface area contributed by atoms with Crippen LogP contribution in [-0.4, -0.2) is 30.0 Å². The summed E-state index contributed by atoms with van der Waals surface area (Å²) in [5.74, 6) is 2.84. The molecule has 1 aliphatic heterocycles. The Morgan fingerprint density at radius 3 is 2.42 bits per heavy atom. The normalized spacial score (nSPS) is 37.3. The fourth-order valence-corrected chi connectivity index (χ4v) is 6.26. The molecule has 4 aliphatic carbocycles. The topological polar surface area (TPSA) is 58.6 Å². The van der Waals surface area contributed by atoms with E-state index < -0.39 is 6.10 Å². The number of carbonyl (C=O) groups is 2. The first-order valence-electron chi connectivity index (χ1n) is 9.89. The van der Waals surface area contributed by atoms with E-state index in [-0.39, 0.29) is 23.9 Å². The minimum Gasteiger partial charge on any atom is -0.479 e. The van der Waals surface area contributed by atoms with Crippen molar-refractivity contribution in [1.82, 2.24) is 5.32 Å². The van der Waals surface area contributed by atoms with E-state index in [1.165, 1.54) is 19.3 Å². The lowest BCUT2D eigenvalue weighted by Crippen LogP contribution is -2.61. The Morgan fingerprint density at radius 2 is 1.77 bits per heavy atom. The molecule has 4 saturated carbocycles. The van der Waals surface area contributed by atoms with Crippen molar-refractivity contribution >= 4 is 17.5 Å². The van der Waals surface area contributed by atoms with Gasteiger partial charge in [-0.3, -0.25) is 14.5 Å². The van der Waals surface area contributed by atoms with Gasteiger partial charge in [0.1, 0.15) is 12.3 Å². The lowest BCUT2D eigenvalue weighted by molar-refractivity contribution is -0.130. The second kappa shape index (κ2) is 5.73. The fourth-order valence-electron chi connectivity index (χ4n) is 6.26. The van der Waals surface area contributed by atoms with Crippen LogP contribution in [0.4, 0.5) is 5.69 Å². The summed E-state index contributed by atoms with van der Waals surface area (Å²) in [6, 6.07) is 7.45. The quantitative estimate of drug-likeness (QED) is 0.908. The van der Waals surface area contributed by atoms with Crippen molar-refractivity contribution < 1.29 is 14.3 Å². The highest BCUT2D eigenvalue weighted by Crippen LogP contribution is 2.55. The third kappa shape index (κ3) is 2.60. The zero-order valence-corrected chi connectivity index (χ0v) is 15.2. The Labute approximate surface area is 154 Å². The van der Waals surface area contributed by atoms with Gasteiger partial charge in [-0.05, 0) is 75.3 Å². The molecule has 4 fully saturated rings. The third-order valence-electron chi connectivity index (χ3n) is 6.82. The van der Waals surface area contributed by atoms with E-state index in [4.69, 9.17) is 4.74 Å². The van der Waals surface area contributed by atoms with Crippen molar-refractivity contribution in [2.45, 2.75) is 57.1 Å². The highest BCUT2D eigenvalue weighted by atomic mass is 16.5. The molecular weight excluding hydrogens is 328 g/mol. The number of anilines is 1. The van der Waals surface area contributed by atoms with Crippen molar-refractivity contribution in [2.24, 2.45) is 17.8 Å². The first-order chi connectivity index (χ1) is 12.5. The molecule has 1 heterocycles. The first kappa shape index (κ1) is 16.2. The van der Waals surface area contributed by atoms with Gasteiger partial charge < -0.3 is 10.1 Å². The van der Waals surface area contributed by atoms with Gasteiger partial charge >= 0.3 is 0 Å². The maximum Gasteiger partial charge on any atom is 0.268 e. The zero-order valence-electron chi connectivity index (χ0n) is 15.2. The van der Waals surface area contributed by atoms with Crippen LogP contribution in [-0.2, 0) is 9.59 Å². The molecule has 0 spiro atoms. The third-order valence-corrected chi connectivity index (χ3v) is 6.82. The number of nitrogens with one attached hydrogen (secondary N) is 1. The van der Waals surface area contributed by atoms with Crippen LogP contribution < -0.4 is 15.0 Å². The standard InChI is InChI=1S/C21H26N2O3/c1-13-20(25)23(17-4-2-3-5-18(17)26-13)12-19(24)22-21-9-14-6-15(10-21)8-16(7-14)11-21/h2-5,13-16H,6-12H2,1H3,(H,22,24)/t13-,14?,15?,16?,21?/m1/s1. The van der Waals surface area contributed by atoms with E-state index in [9.17, 15) is 9.59 Å². The Hall–Kier alpha value is -2.04. The molecule has 5 nitrogen and oxygen atoms in total. The van der Waals surface area contributed by atoms with Crippen molar-refractivity contribution in [3.63, 3.8) is 0 Å². The van der Waals surface area contributed by atoms with Gasteiger partial charge in [-0.2, -0.15) is 0 Å². The number of nitrogens with zero attached hydrogens (tertiary/aromatic N) is 1. The number of fused-ring (bicyclic) bond motifs is 1. The van der Waals surface area contributed by atoms with E-state index in [1.807, 2.05) is 24.3 Å². The van der Waals surface area contributed by atoms with E-state index >= 15 is 0 Å². The van der Waals surface area contributed by atoms with Crippen molar-refractivity contribution in [2.75, 3.05) is 11.4 Å². The molecule has 5 heteroatoms. The van der Waals surface area contributed by atoms with Crippen LogP contribution in [0.5, 0.6) is 5.75 Å². The van der Waals surface area contributed by atoms with Crippen LogP contribution in [0.15, 0.2) is 24.3 Å². The van der Waals surface area contributed by atoms with Gasteiger partial charge in [0.15, 0.2) is 6.10 Å². The minimum absolute atomic E-state index is 0.0215. The second-order valence-corrected chi connectivity index (χ2v) is 8.90. The monoisotopic (exact) mass is 354 g/mol. The number of amides is 2. The molecule has 0 unspecified atom stereocenters. The molecule has 138 valence electrons. The van der Waals surface area contributed by atoms with Crippen molar-refractivity contribution in [3.05, 3.63) is 24.3 Å². The van der Waals surface area contributed by atoms with E-state index in [0.717, 1.165) is 37.0 Å². The summed E-state index contributed by atoms with van der Waals surface area (Å²) in [5.41, 5.74) is 0.669. The SMILES string of the molecule is C[C@H]1Oc2ccccc2N(CC(=O)NC23CC4CC(CC(C4)C2)C3)C1=O. The first-order valence-corrected chi connectivity index (χ1v) is 9.89. The van der Waals surface area contributed by atoms with Crippen LogP contribution >= 0.6 is 0 Å². The van der Waals surface area contributed by atoms with Gasteiger partial charge in [0.2, 0.25) is 5.91 Å². The Balaban J connectivity index is 1.34. The van der Waals surface area contributed by atoms with Gasteiger partial charge in [-0.1, -0.05) is 12.1 Å². The summed E-state index contributed by atoms with van der Waals surface area (Å²) >= 11 is 0. The molecule has 0 saturated heterocycles. The van der Waals surface area contributed by atoms with Crippen LogP contribution in [0.3, 0.4) is 0 Å². The molecule has 2 amide bonds. The molecule has 0 radical (unpaired) electrons. The van der Waals surface area contributed by atoms with E-state index in [0.29, 0.717) is 11.4 Å². The molecule has 1 aromatic carbocycles. The predicted molar refractivity (Wildman–Crippen MR) is 97.9 cm³/mol. The van der Waals surface area contributed by atoms with Crippen molar-refractivity contribution in [1.29, 1.82) is 0 Å². The molecule has 1 N–H and O–H groups in total. The molecule has 4 bridgehead atoms. The van der Waals surface area contributed by atoms with Crippen LogP contribution in [0.2, 0.25) is 0 Å². The fraction of sp³-hybridized carbons (Fsp3) is 0.619. The van der Waals surface area contributed by atoms with Gasteiger partial charge in [0, 0.05) is 5.54 Å². The smallest absolute Gasteiger partial charge is 0.268 e. The molecular formula is C21H26N2O3. The summed E-state index contributed by atoms with van der Waals surface area (Å²) in [7, 11) is 0. The van der Waals surface area contributed by atoms with Gasteiger partial charge in [-0.25, -0.2) is 0 Å². The maximum absolute atomic E-state index is 12.9. The molecule has 6 rings (SSSR count). The minimum atomic E-state index is -0.558. The summed E-state index contributed by atoms with van der Waals surface area (Å²) in [4.78, 5) is 27.1. The van der Waals surface area contributed by atoms with Gasteiger partial charge in [-0.15, -0.1) is 0 Å². The summed E-state index contributed by atoms with van der Waals surface area (Å²) in [5, 5.41) is 3.36. The number of carbonyl (C=O) groups excluding carboxylic acids is 2. The number of benzene rings is 1. The molecule has 0 aromatic heterocycles. The Kier molecular flexibility index (Phi) is 3.56. The maximum atomic E-state index is 12.9. The molecule has 1 atom stereocenters. The highest BCUT2D eigenvalue weighted by molar-refractivity contribution is 6.03.